The SMILES string of the molecule is CCNc1cccc(C(=O)Nc2nncs2)c1[N+](=O)[O-]. The van der Waals surface area contributed by atoms with Crippen LogP contribution in [-0.4, -0.2) is 27.6 Å². The minimum absolute atomic E-state index is 0.0244. The van der Waals surface area contributed by atoms with Crippen LogP contribution in [0.15, 0.2) is 23.7 Å². The summed E-state index contributed by atoms with van der Waals surface area (Å²) in [5.74, 6) is -0.590. The summed E-state index contributed by atoms with van der Waals surface area (Å²) in [6, 6.07) is 4.54. The van der Waals surface area contributed by atoms with E-state index in [0.717, 1.165) is 11.3 Å². The first-order valence-electron chi connectivity index (χ1n) is 5.72. The Bertz CT molecular complexity index is 629. The van der Waals surface area contributed by atoms with Crippen molar-refractivity contribution in [1.82, 2.24) is 10.2 Å². The monoisotopic (exact) mass is 293 g/mol. The second kappa shape index (κ2) is 6.06. The number of amides is 1. The van der Waals surface area contributed by atoms with Gasteiger partial charge in [0.15, 0.2) is 0 Å². The van der Waals surface area contributed by atoms with Crippen molar-refractivity contribution >= 4 is 33.8 Å². The average molecular weight is 293 g/mol. The predicted molar refractivity (Wildman–Crippen MR) is 75.1 cm³/mol. The number of hydrogen-bond donors (Lipinski definition) is 2. The highest BCUT2D eigenvalue weighted by Gasteiger charge is 2.24. The zero-order chi connectivity index (χ0) is 14.5. The highest BCUT2D eigenvalue weighted by atomic mass is 32.1. The van der Waals surface area contributed by atoms with E-state index >= 15 is 0 Å². The van der Waals surface area contributed by atoms with Crippen LogP contribution in [0.4, 0.5) is 16.5 Å². The summed E-state index contributed by atoms with van der Waals surface area (Å²) in [5.41, 5.74) is 1.49. The van der Waals surface area contributed by atoms with Gasteiger partial charge in [0.2, 0.25) is 5.13 Å². The Morgan fingerprint density at radius 3 is 2.90 bits per heavy atom. The molecule has 0 aliphatic rings. The standard InChI is InChI=1S/C11H11N5O3S/c1-2-12-8-5-3-4-7(9(8)16(18)19)10(17)14-11-15-13-6-20-11/h3-6,12H,2H2,1H3,(H,14,15,17). The van der Waals surface area contributed by atoms with Gasteiger partial charge in [-0.1, -0.05) is 17.4 Å². The number of nitrogens with zero attached hydrogens (tertiary/aromatic N) is 3. The number of carbonyl (C=O) groups excluding carboxylic acids is 1. The van der Waals surface area contributed by atoms with Crippen LogP contribution >= 0.6 is 11.3 Å². The molecule has 0 aliphatic carbocycles. The van der Waals surface area contributed by atoms with E-state index in [2.05, 4.69) is 20.8 Å². The number of anilines is 2. The fourth-order valence-corrected chi connectivity index (χ4v) is 2.09. The number of aromatic nitrogens is 2. The number of carbonyl (C=O) groups is 1. The minimum atomic E-state index is -0.590. The number of rotatable bonds is 5. The van der Waals surface area contributed by atoms with Crippen LogP contribution in [0.3, 0.4) is 0 Å². The van der Waals surface area contributed by atoms with Gasteiger partial charge in [0.1, 0.15) is 16.8 Å². The fourth-order valence-electron chi connectivity index (χ4n) is 1.65. The lowest BCUT2D eigenvalue weighted by molar-refractivity contribution is -0.384. The lowest BCUT2D eigenvalue weighted by Gasteiger charge is -2.08. The van der Waals surface area contributed by atoms with Crippen LogP contribution in [-0.2, 0) is 0 Å². The Hall–Kier alpha value is -2.55. The lowest BCUT2D eigenvalue weighted by Crippen LogP contribution is -2.15. The Morgan fingerprint density at radius 2 is 2.30 bits per heavy atom. The van der Waals surface area contributed by atoms with Gasteiger partial charge >= 0.3 is 5.69 Å². The van der Waals surface area contributed by atoms with Crippen LogP contribution in [0.5, 0.6) is 0 Å². The molecular formula is C11H11N5O3S. The van der Waals surface area contributed by atoms with Crippen LogP contribution < -0.4 is 10.6 Å². The number of nitro groups is 1. The molecule has 8 nitrogen and oxygen atoms in total. The maximum Gasteiger partial charge on any atom is 0.305 e. The molecule has 104 valence electrons. The van der Waals surface area contributed by atoms with Crippen molar-refractivity contribution in [2.75, 3.05) is 17.2 Å². The molecular weight excluding hydrogens is 282 g/mol. The lowest BCUT2D eigenvalue weighted by atomic mass is 10.1. The Kier molecular flexibility index (Phi) is 4.20. The first-order chi connectivity index (χ1) is 9.63. The van der Waals surface area contributed by atoms with E-state index in [0.29, 0.717) is 12.2 Å². The number of nitro benzene ring substituents is 1. The van der Waals surface area contributed by atoms with E-state index in [9.17, 15) is 14.9 Å². The third kappa shape index (κ3) is 2.88. The van der Waals surface area contributed by atoms with Crippen molar-refractivity contribution in [1.29, 1.82) is 0 Å². The molecule has 1 aromatic heterocycles. The van der Waals surface area contributed by atoms with Crippen LogP contribution in [0, 0.1) is 10.1 Å². The third-order valence-electron chi connectivity index (χ3n) is 2.41. The van der Waals surface area contributed by atoms with Gasteiger partial charge in [-0.05, 0) is 19.1 Å². The number of para-hydroxylation sites is 1. The van der Waals surface area contributed by atoms with Crippen LogP contribution in [0.1, 0.15) is 17.3 Å². The highest BCUT2D eigenvalue weighted by molar-refractivity contribution is 7.13. The summed E-state index contributed by atoms with van der Waals surface area (Å²) < 4.78 is 0. The van der Waals surface area contributed by atoms with Gasteiger partial charge in [0.25, 0.3) is 5.91 Å². The first kappa shape index (κ1) is 13.9. The number of nitrogens with one attached hydrogen (secondary N) is 2. The maximum absolute atomic E-state index is 12.1. The van der Waals surface area contributed by atoms with Crippen molar-refractivity contribution in [2.24, 2.45) is 0 Å². The van der Waals surface area contributed by atoms with Gasteiger partial charge in [-0.3, -0.25) is 20.2 Å². The van der Waals surface area contributed by atoms with Crippen molar-refractivity contribution in [3.63, 3.8) is 0 Å². The van der Waals surface area contributed by atoms with Gasteiger partial charge in [-0.2, -0.15) is 0 Å². The van der Waals surface area contributed by atoms with E-state index in [1.807, 2.05) is 6.92 Å². The number of benzene rings is 1. The van der Waals surface area contributed by atoms with E-state index in [4.69, 9.17) is 0 Å². The second-order valence-corrected chi connectivity index (χ2v) is 4.52. The van der Waals surface area contributed by atoms with Gasteiger partial charge < -0.3 is 5.32 Å². The van der Waals surface area contributed by atoms with Crippen LogP contribution in [0.2, 0.25) is 0 Å². The molecule has 0 saturated heterocycles. The predicted octanol–water partition coefficient (Wildman–Crippen LogP) is 2.13. The molecule has 0 fully saturated rings. The molecule has 0 saturated carbocycles. The first-order valence-corrected chi connectivity index (χ1v) is 6.60. The van der Waals surface area contributed by atoms with E-state index < -0.39 is 10.8 Å². The van der Waals surface area contributed by atoms with Crippen molar-refractivity contribution in [3.05, 3.63) is 39.4 Å². The summed E-state index contributed by atoms with van der Waals surface area (Å²) in [6.45, 7) is 2.33. The molecule has 0 bridgehead atoms. The largest absolute Gasteiger partial charge is 0.380 e. The zero-order valence-corrected chi connectivity index (χ0v) is 11.3. The molecule has 0 atom stereocenters. The number of hydrogen-bond acceptors (Lipinski definition) is 7. The van der Waals surface area contributed by atoms with Gasteiger partial charge in [-0.25, -0.2) is 0 Å². The minimum Gasteiger partial charge on any atom is -0.380 e. The fraction of sp³-hybridized carbons (Fsp3) is 0.182. The summed E-state index contributed by atoms with van der Waals surface area (Å²) in [5, 5.41) is 24.1. The van der Waals surface area contributed by atoms with Crippen molar-refractivity contribution < 1.29 is 9.72 Å². The quantitative estimate of drug-likeness (QED) is 0.645. The van der Waals surface area contributed by atoms with Crippen molar-refractivity contribution in [2.45, 2.75) is 6.92 Å². The summed E-state index contributed by atoms with van der Waals surface area (Å²) in [6.07, 6.45) is 0. The normalized spacial score (nSPS) is 10.1. The third-order valence-corrected chi connectivity index (χ3v) is 3.02. The highest BCUT2D eigenvalue weighted by Crippen LogP contribution is 2.29. The van der Waals surface area contributed by atoms with Gasteiger partial charge in [0.05, 0.1) is 4.92 Å². The van der Waals surface area contributed by atoms with Crippen LogP contribution in [0.25, 0.3) is 0 Å². The van der Waals surface area contributed by atoms with E-state index in [1.54, 1.807) is 12.1 Å². The molecule has 1 heterocycles. The molecule has 20 heavy (non-hydrogen) atoms. The molecule has 1 amide bonds. The second-order valence-electron chi connectivity index (χ2n) is 3.69. The Balaban J connectivity index is 2.37. The average Bonchev–Trinajstić information content (AvgIpc) is 2.91. The molecule has 2 N–H and O–H groups in total. The van der Waals surface area contributed by atoms with E-state index in [1.165, 1.54) is 11.6 Å². The van der Waals surface area contributed by atoms with Gasteiger partial charge in [0, 0.05) is 6.54 Å². The molecule has 2 aromatic rings. The van der Waals surface area contributed by atoms with E-state index in [-0.39, 0.29) is 16.4 Å². The molecule has 2 rings (SSSR count). The molecule has 0 unspecified atom stereocenters. The Labute approximate surface area is 118 Å². The molecule has 0 spiro atoms. The van der Waals surface area contributed by atoms with Gasteiger partial charge in [-0.15, -0.1) is 10.2 Å². The molecule has 9 heteroatoms. The Morgan fingerprint density at radius 1 is 1.50 bits per heavy atom. The maximum atomic E-state index is 12.1. The topological polar surface area (TPSA) is 110 Å². The molecule has 0 radical (unpaired) electrons. The summed E-state index contributed by atoms with van der Waals surface area (Å²) in [7, 11) is 0. The molecule has 0 aliphatic heterocycles. The summed E-state index contributed by atoms with van der Waals surface area (Å²) >= 11 is 1.13. The zero-order valence-electron chi connectivity index (χ0n) is 10.5. The smallest absolute Gasteiger partial charge is 0.305 e. The molecule has 1 aromatic carbocycles. The summed E-state index contributed by atoms with van der Waals surface area (Å²) in [4.78, 5) is 22.7. The van der Waals surface area contributed by atoms with Crippen molar-refractivity contribution in [3.8, 4) is 0 Å².